The molecule has 1 aromatic rings. The number of anilines is 1. The molecule has 0 aromatic heterocycles. The summed E-state index contributed by atoms with van der Waals surface area (Å²) in [6.45, 7) is 3.20. The Balaban J connectivity index is 2.10. The molecule has 0 radical (unpaired) electrons. The van der Waals surface area contributed by atoms with Crippen molar-refractivity contribution in [1.29, 1.82) is 0 Å². The molecule has 0 saturated carbocycles. The first-order valence-electron chi connectivity index (χ1n) is 7.40. The standard InChI is InChI=1S/C16H19ClN2O4/c1-10-4-3-7-19(9-10)15(21)14(20)18-13-8-11(16(22)23-2)5-6-12(13)17/h5-6,8,10H,3-4,7,9H2,1-2H3,(H,18,20). The lowest BCUT2D eigenvalue weighted by molar-refractivity contribution is -0.144. The predicted molar refractivity (Wildman–Crippen MR) is 86.4 cm³/mol. The lowest BCUT2D eigenvalue weighted by atomic mass is 10.0. The maximum absolute atomic E-state index is 12.2. The van der Waals surface area contributed by atoms with Gasteiger partial charge in [0.05, 0.1) is 23.4 Å². The normalized spacial score (nSPS) is 17.5. The van der Waals surface area contributed by atoms with E-state index in [1.807, 2.05) is 6.92 Å². The third-order valence-corrected chi connectivity index (χ3v) is 4.10. The smallest absolute Gasteiger partial charge is 0.337 e. The minimum atomic E-state index is -0.761. The summed E-state index contributed by atoms with van der Waals surface area (Å²) in [5.41, 5.74) is 0.448. The van der Waals surface area contributed by atoms with Crippen LogP contribution in [0, 0.1) is 5.92 Å². The number of nitrogens with zero attached hydrogens (tertiary/aromatic N) is 1. The van der Waals surface area contributed by atoms with Gasteiger partial charge in [-0.15, -0.1) is 0 Å². The monoisotopic (exact) mass is 338 g/mol. The van der Waals surface area contributed by atoms with Gasteiger partial charge in [-0.3, -0.25) is 9.59 Å². The molecule has 124 valence electrons. The summed E-state index contributed by atoms with van der Waals surface area (Å²) in [7, 11) is 1.26. The molecule has 1 aromatic carbocycles. The number of nitrogens with one attached hydrogen (secondary N) is 1. The first-order valence-corrected chi connectivity index (χ1v) is 7.78. The fraction of sp³-hybridized carbons (Fsp3) is 0.438. The molecule has 1 heterocycles. The van der Waals surface area contributed by atoms with E-state index in [1.165, 1.54) is 25.3 Å². The first kappa shape index (κ1) is 17.3. The average molecular weight is 339 g/mol. The zero-order chi connectivity index (χ0) is 17.0. The summed E-state index contributed by atoms with van der Waals surface area (Å²) < 4.78 is 4.62. The number of amides is 2. The Bertz CT molecular complexity index is 633. The molecular formula is C16H19ClN2O4. The molecule has 7 heteroatoms. The number of ether oxygens (including phenoxy) is 1. The summed E-state index contributed by atoms with van der Waals surface area (Å²) >= 11 is 6.01. The van der Waals surface area contributed by atoms with E-state index in [0.717, 1.165) is 12.8 Å². The van der Waals surface area contributed by atoms with Gasteiger partial charge in [-0.25, -0.2) is 4.79 Å². The van der Waals surface area contributed by atoms with E-state index in [2.05, 4.69) is 10.1 Å². The van der Waals surface area contributed by atoms with Crippen molar-refractivity contribution in [3.8, 4) is 0 Å². The summed E-state index contributed by atoms with van der Waals surface area (Å²) in [5, 5.41) is 2.71. The third kappa shape index (κ3) is 4.22. The zero-order valence-corrected chi connectivity index (χ0v) is 13.9. The number of carbonyl (C=O) groups excluding carboxylic acids is 3. The zero-order valence-electron chi connectivity index (χ0n) is 13.1. The van der Waals surface area contributed by atoms with Crippen LogP contribution < -0.4 is 5.32 Å². The van der Waals surface area contributed by atoms with Crippen LogP contribution in [0.5, 0.6) is 0 Å². The van der Waals surface area contributed by atoms with Crippen molar-refractivity contribution in [1.82, 2.24) is 4.90 Å². The first-order chi connectivity index (χ1) is 10.9. The van der Waals surface area contributed by atoms with Gasteiger partial charge < -0.3 is 15.0 Å². The van der Waals surface area contributed by atoms with Crippen molar-refractivity contribution in [2.24, 2.45) is 5.92 Å². The highest BCUT2D eigenvalue weighted by Gasteiger charge is 2.26. The number of esters is 1. The molecule has 1 N–H and O–H groups in total. The van der Waals surface area contributed by atoms with Crippen LogP contribution in [0.2, 0.25) is 5.02 Å². The summed E-state index contributed by atoms with van der Waals surface area (Å²) in [4.78, 5) is 37.4. The quantitative estimate of drug-likeness (QED) is 0.663. The van der Waals surface area contributed by atoms with Crippen molar-refractivity contribution in [3.63, 3.8) is 0 Å². The molecule has 1 aliphatic heterocycles. The van der Waals surface area contributed by atoms with Gasteiger partial charge in [-0.2, -0.15) is 0 Å². The van der Waals surface area contributed by atoms with Crippen LogP contribution in [0.15, 0.2) is 18.2 Å². The van der Waals surface area contributed by atoms with Crippen molar-refractivity contribution >= 4 is 35.1 Å². The summed E-state index contributed by atoms with van der Waals surface area (Å²) in [6.07, 6.45) is 1.94. The molecule has 1 aliphatic rings. The van der Waals surface area contributed by atoms with E-state index in [0.29, 0.717) is 19.0 Å². The Labute approximate surface area is 139 Å². The fourth-order valence-electron chi connectivity index (χ4n) is 2.56. The molecule has 0 spiro atoms. The van der Waals surface area contributed by atoms with Gasteiger partial charge in [0.2, 0.25) is 0 Å². The molecule has 1 saturated heterocycles. The van der Waals surface area contributed by atoms with Crippen LogP contribution in [0.3, 0.4) is 0 Å². The van der Waals surface area contributed by atoms with Crippen LogP contribution in [-0.4, -0.2) is 42.9 Å². The van der Waals surface area contributed by atoms with E-state index in [1.54, 1.807) is 4.90 Å². The second-order valence-electron chi connectivity index (χ2n) is 5.64. The Morgan fingerprint density at radius 2 is 2.09 bits per heavy atom. The fourth-order valence-corrected chi connectivity index (χ4v) is 2.72. The van der Waals surface area contributed by atoms with Crippen LogP contribution in [0.25, 0.3) is 0 Å². The number of hydrogen-bond donors (Lipinski definition) is 1. The lowest BCUT2D eigenvalue weighted by Crippen LogP contribution is -2.44. The molecule has 1 fully saturated rings. The van der Waals surface area contributed by atoms with Gasteiger partial charge in [-0.1, -0.05) is 18.5 Å². The van der Waals surface area contributed by atoms with Gasteiger partial charge in [0.25, 0.3) is 0 Å². The molecular weight excluding hydrogens is 320 g/mol. The Morgan fingerprint density at radius 1 is 1.35 bits per heavy atom. The number of methoxy groups -OCH3 is 1. The van der Waals surface area contributed by atoms with Gasteiger partial charge in [0.15, 0.2) is 0 Å². The van der Waals surface area contributed by atoms with Gasteiger partial charge in [0, 0.05) is 13.1 Å². The maximum Gasteiger partial charge on any atom is 0.337 e. The number of piperidine rings is 1. The molecule has 1 unspecified atom stereocenters. The molecule has 0 bridgehead atoms. The number of hydrogen-bond acceptors (Lipinski definition) is 4. The highest BCUT2D eigenvalue weighted by Crippen LogP contribution is 2.24. The molecule has 2 amide bonds. The lowest BCUT2D eigenvalue weighted by Gasteiger charge is -2.30. The molecule has 1 atom stereocenters. The number of carbonyl (C=O) groups is 3. The van der Waals surface area contributed by atoms with Gasteiger partial charge >= 0.3 is 17.8 Å². The number of rotatable bonds is 2. The molecule has 6 nitrogen and oxygen atoms in total. The molecule has 0 aliphatic carbocycles. The minimum Gasteiger partial charge on any atom is -0.465 e. The predicted octanol–water partition coefficient (Wildman–Crippen LogP) is 2.32. The number of benzene rings is 1. The topological polar surface area (TPSA) is 75.7 Å². The summed E-state index contributed by atoms with van der Waals surface area (Å²) in [5.74, 6) is -1.51. The van der Waals surface area contributed by atoms with Crippen LogP contribution in [0.1, 0.15) is 30.1 Å². The van der Waals surface area contributed by atoms with E-state index in [9.17, 15) is 14.4 Å². The van der Waals surface area contributed by atoms with Gasteiger partial charge in [0.1, 0.15) is 0 Å². The average Bonchev–Trinajstić information content (AvgIpc) is 2.55. The molecule has 23 heavy (non-hydrogen) atoms. The second-order valence-corrected chi connectivity index (χ2v) is 6.05. The largest absolute Gasteiger partial charge is 0.465 e. The second kappa shape index (κ2) is 7.46. The van der Waals surface area contributed by atoms with E-state index >= 15 is 0 Å². The number of likely N-dealkylation sites (tertiary alicyclic amines) is 1. The Kier molecular flexibility index (Phi) is 5.60. The van der Waals surface area contributed by atoms with Crippen molar-refractivity contribution in [2.45, 2.75) is 19.8 Å². The van der Waals surface area contributed by atoms with Crippen LogP contribution >= 0.6 is 11.6 Å². The number of halogens is 1. The van der Waals surface area contributed by atoms with E-state index < -0.39 is 17.8 Å². The van der Waals surface area contributed by atoms with Gasteiger partial charge in [-0.05, 0) is 37.0 Å². The minimum absolute atomic E-state index is 0.206. The van der Waals surface area contributed by atoms with Crippen LogP contribution in [-0.2, 0) is 14.3 Å². The molecule has 2 rings (SSSR count). The summed E-state index contributed by atoms with van der Waals surface area (Å²) in [6, 6.07) is 4.34. The highest BCUT2D eigenvalue weighted by molar-refractivity contribution is 6.41. The Morgan fingerprint density at radius 3 is 2.74 bits per heavy atom. The van der Waals surface area contributed by atoms with E-state index in [4.69, 9.17) is 11.6 Å². The Hall–Kier alpha value is -2.08. The SMILES string of the molecule is COC(=O)c1ccc(Cl)c(NC(=O)C(=O)N2CCCC(C)C2)c1. The highest BCUT2D eigenvalue weighted by atomic mass is 35.5. The third-order valence-electron chi connectivity index (χ3n) is 3.77. The van der Waals surface area contributed by atoms with E-state index in [-0.39, 0.29) is 16.3 Å². The van der Waals surface area contributed by atoms with Crippen molar-refractivity contribution in [2.75, 3.05) is 25.5 Å². The maximum atomic E-state index is 12.2. The van der Waals surface area contributed by atoms with Crippen molar-refractivity contribution in [3.05, 3.63) is 28.8 Å². The van der Waals surface area contributed by atoms with Crippen molar-refractivity contribution < 1.29 is 19.1 Å². The van der Waals surface area contributed by atoms with Crippen LogP contribution in [0.4, 0.5) is 5.69 Å².